The fraction of sp³-hybridized carbons (Fsp3) is 0.0370. The van der Waals surface area contributed by atoms with Crippen LogP contribution in [0.2, 0.25) is 5.02 Å². The van der Waals surface area contributed by atoms with E-state index in [0.717, 1.165) is 17.7 Å². The van der Waals surface area contributed by atoms with Crippen molar-refractivity contribution in [2.24, 2.45) is 0 Å². The second-order valence-electron chi connectivity index (χ2n) is 8.05. The number of anilines is 2. The molecule has 0 unspecified atom stereocenters. The van der Waals surface area contributed by atoms with E-state index in [0.29, 0.717) is 33.9 Å². The molecule has 0 saturated heterocycles. The smallest absolute Gasteiger partial charge is 0.417 e. The Kier molecular flexibility index (Phi) is 6.80. The van der Waals surface area contributed by atoms with E-state index in [1.165, 1.54) is 6.07 Å². The zero-order valence-corrected chi connectivity index (χ0v) is 20.1. The summed E-state index contributed by atoms with van der Waals surface area (Å²) in [5.41, 5.74) is 2.21. The van der Waals surface area contributed by atoms with E-state index >= 15 is 0 Å². The molecule has 0 fully saturated rings. The molecular weight excluding hydrogens is 519 g/mol. The first kappa shape index (κ1) is 25.0. The van der Waals surface area contributed by atoms with Gasteiger partial charge in [-0.1, -0.05) is 11.6 Å². The maximum Gasteiger partial charge on any atom is 0.417 e. The molecule has 0 bridgehead atoms. The van der Waals surface area contributed by atoms with Crippen LogP contribution >= 0.6 is 11.6 Å². The Morgan fingerprint density at radius 2 is 1.58 bits per heavy atom. The van der Waals surface area contributed by atoms with Gasteiger partial charge < -0.3 is 15.4 Å². The molecule has 0 aliphatic rings. The summed E-state index contributed by atoms with van der Waals surface area (Å²) in [6.45, 7) is 0. The number of nitrogens with one attached hydrogen (secondary N) is 2. The normalized spacial score (nSPS) is 11.3. The molecule has 0 atom stereocenters. The number of carbonyl (C=O) groups excluding carboxylic acids is 1. The molecule has 190 valence electrons. The van der Waals surface area contributed by atoms with Gasteiger partial charge in [0.15, 0.2) is 0 Å². The maximum atomic E-state index is 13.0. The third-order valence-corrected chi connectivity index (χ3v) is 5.68. The lowest BCUT2D eigenvalue weighted by atomic mass is 10.2. The number of nitrogens with zero attached hydrogens (tertiary/aromatic N) is 3. The number of hydrogen-bond donors (Lipinski definition) is 2. The van der Waals surface area contributed by atoms with E-state index in [4.69, 9.17) is 16.3 Å². The van der Waals surface area contributed by atoms with Crippen molar-refractivity contribution in [3.05, 3.63) is 102 Å². The van der Waals surface area contributed by atoms with Gasteiger partial charge in [0.25, 0.3) is 0 Å². The number of urea groups is 1. The van der Waals surface area contributed by atoms with Crippen LogP contribution in [0, 0.1) is 0 Å². The number of aromatic nitrogens is 3. The summed E-state index contributed by atoms with van der Waals surface area (Å²) >= 11 is 5.61. The monoisotopic (exact) mass is 535 g/mol. The second-order valence-corrected chi connectivity index (χ2v) is 8.45. The quantitative estimate of drug-likeness (QED) is 0.240. The first-order valence-corrected chi connectivity index (χ1v) is 11.5. The van der Waals surface area contributed by atoms with Gasteiger partial charge in [-0.05, 0) is 66.7 Å². The number of carbonyl (C=O) groups is 1. The van der Waals surface area contributed by atoms with Gasteiger partial charge in [0.2, 0.25) is 0 Å². The third-order valence-electron chi connectivity index (χ3n) is 5.35. The number of rotatable bonds is 5. The standard InChI is InChI=1S/C27H17ClF3N5O2/c28-22-9-5-18(12-21(22)27(29,30)31)35-26(37)34-17-3-6-19(7-4-17)38-20-8-10-23-24(13-20)36-25(15-33-23)16-2-1-11-32-14-16/h1-15H,(H2,34,35,37). The first-order valence-electron chi connectivity index (χ1n) is 11.1. The van der Waals surface area contributed by atoms with Gasteiger partial charge in [-0.25, -0.2) is 9.78 Å². The summed E-state index contributed by atoms with van der Waals surface area (Å²) in [6, 6.07) is 17.9. The Morgan fingerprint density at radius 1 is 0.842 bits per heavy atom. The Labute approximate surface area is 219 Å². The zero-order chi connectivity index (χ0) is 26.7. The molecule has 5 rings (SSSR count). The Morgan fingerprint density at radius 3 is 2.32 bits per heavy atom. The number of halogens is 4. The summed E-state index contributed by atoms with van der Waals surface area (Å²) in [5.74, 6) is 1.04. The highest BCUT2D eigenvalue weighted by Gasteiger charge is 2.33. The van der Waals surface area contributed by atoms with Gasteiger partial charge in [0, 0.05) is 35.4 Å². The van der Waals surface area contributed by atoms with E-state index in [-0.39, 0.29) is 5.69 Å². The van der Waals surface area contributed by atoms with Crippen LogP contribution in [0.4, 0.5) is 29.3 Å². The minimum atomic E-state index is -4.64. The molecule has 2 heterocycles. The number of ether oxygens (including phenoxy) is 1. The second kappa shape index (κ2) is 10.3. The molecular formula is C27H17ClF3N5O2. The number of benzene rings is 3. The van der Waals surface area contributed by atoms with E-state index in [2.05, 4.69) is 25.6 Å². The highest BCUT2D eigenvalue weighted by Crippen LogP contribution is 2.36. The Bertz CT molecular complexity index is 1610. The lowest BCUT2D eigenvalue weighted by molar-refractivity contribution is -0.137. The molecule has 0 aliphatic carbocycles. The molecule has 2 amide bonds. The molecule has 3 aromatic carbocycles. The average Bonchev–Trinajstić information content (AvgIpc) is 2.90. The van der Waals surface area contributed by atoms with Crippen molar-refractivity contribution in [2.45, 2.75) is 6.18 Å². The fourth-order valence-corrected chi connectivity index (χ4v) is 3.79. The van der Waals surface area contributed by atoms with Gasteiger partial charge in [-0.15, -0.1) is 0 Å². The Hall–Kier alpha value is -4.70. The number of fused-ring (bicyclic) bond motifs is 1. The molecule has 0 radical (unpaired) electrons. The van der Waals surface area contributed by atoms with Gasteiger partial charge in [-0.3, -0.25) is 9.97 Å². The summed E-state index contributed by atoms with van der Waals surface area (Å²) in [4.78, 5) is 25.5. The van der Waals surface area contributed by atoms with E-state index < -0.39 is 22.8 Å². The first-order chi connectivity index (χ1) is 18.2. The van der Waals surface area contributed by atoms with Crippen LogP contribution in [-0.4, -0.2) is 21.0 Å². The largest absolute Gasteiger partial charge is 0.457 e. The van der Waals surface area contributed by atoms with Crippen molar-refractivity contribution < 1.29 is 22.7 Å². The van der Waals surface area contributed by atoms with Crippen LogP contribution in [0.15, 0.2) is 91.4 Å². The van der Waals surface area contributed by atoms with Crippen LogP contribution in [0.25, 0.3) is 22.3 Å². The van der Waals surface area contributed by atoms with Gasteiger partial charge in [0.1, 0.15) is 11.5 Å². The van der Waals surface area contributed by atoms with Crippen molar-refractivity contribution in [3.8, 4) is 22.8 Å². The van der Waals surface area contributed by atoms with Gasteiger partial charge in [0.05, 0.1) is 33.5 Å². The lowest BCUT2D eigenvalue weighted by Crippen LogP contribution is -2.19. The maximum absolute atomic E-state index is 13.0. The van der Waals surface area contributed by atoms with Crippen molar-refractivity contribution in [1.29, 1.82) is 0 Å². The number of hydrogen-bond acceptors (Lipinski definition) is 5. The molecule has 38 heavy (non-hydrogen) atoms. The summed E-state index contributed by atoms with van der Waals surface area (Å²) < 4.78 is 45.0. The van der Waals surface area contributed by atoms with Crippen molar-refractivity contribution in [2.75, 3.05) is 10.6 Å². The molecule has 2 aromatic heterocycles. The molecule has 2 N–H and O–H groups in total. The minimum absolute atomic E-state index is 0.0507. The lowest BCUT2D eigenvalue weighted by Gasteiger charge is -2.12. The topological polar surface area (TPSA) is 89.0 Å². The number of pyridine rings is 1. The highest BCUT2D eigenvalue weighted by molar-refractivity contribution is 6.31. The van der Waals surface area contributed by atoms with Gasteiger partial charge >= 0.3 is 12.2 Å². The number of alkyl halides is 3. The molecule has 0 spiro atoms. The van der Waals surface area contributed by atoms with Crippen LogP contribution in [-0.2, 0) is 6.18 Å². The molecule has 0 aliphatic heterocycles. The summed E-state index contributed by atoms with van der Waals surface area (Å²) in [7, 11) is 0. The third kappa shape index (κ3) is 5.81. The summed E-state index contributed by atoms with van der Waals surface area (Å²) in [5, 5.41) is 4.47. The predicted molar refractivity (Wildman–Crippen MR) is 138 cm³/mol. The molecule has 7 nitrogen and oxygen atoms in total. The fourth-order valence-electron chi connectivity index (χ4n) is 3.56. The van der Waals surface area contributed by atoms with Gasteiger partial charge in [-0.2, -0.15) is 13.2 Å². The molecule has 11 heteroatoms. The van der Waals surface area contributed by atoms with Crippen LogP contribution in [0.3, 0.4) is 0 Å². The summed E-state index contributed by atoms with van der Waals surface area (Å²) in [6.07, 6.45) is 0.440. The van der Waals surface area contributed by atoms with Crippen LogP contribution in [0.1, 0.15) is 5.56 Å². The molecule has 0 saturated carbocycles. The number of amides is 2. The van der Waals surface area contributed by atoms with Crippen LogP contribution < -0.4 is 15.4 Å². The van der Waals surface area contributed by atoms with Crippen molar-refractivity contribution >= 4 is 40.0 Å². The van der Waals surface area contributed by atoms with E-state index in [1.807, 2.05) is 12.1 Å². The molecule has 5 aromatic rings. The average molecular weight is 536 g/mol. The van der Waals surface area contributed by atoms with Crippen molar-refractivity contribution in [3.63, 3.8) is 0 Å². The van der Waals surface area contributed by atoms with E-state index in [9.17, 15) is 18.0 Å². The van der Waals surface area contributed by atoms with Crippen molar-refractivity contribution in [1.82, 2.24) is 15.0 Å². The Balaban J connectivity index is 1.24. The predicted octanol–water partition coefficient (Wildman–Crippen LogP) is 7.80. The van der Waals surface area contributed by atoms with Crippen LogP contribution in [0.5, 0.6) is 11.5 Å². The minimum Gasteiger partial charge on any atom is -0.457 e. The zero-order valence-electron chi connectivity index (χ0n) is 19.3. The SMILES string of the molecule is O=C(Nc1ccc(Oc2ccc3ncc(-c4cccnc4)nc3c2)cc1)Nc1ccc(Cl)c(C(F)(F)F)c1. The van der Waals surface area contributed by atoms with E-state index in [1.54, 1.807) is 61.1 Å². The highest BCUT2D eigenvalue weighted by atomic mass is 35.5.